The number of ether oxygens (including phenoxy) is 1. The van der Waals surface area contributed by atoms with Crippen LogP contribution < -0.4 is 5.32 Å². The van der Waals surface area contributed by atoms with E-state index in [-0.39, 0.29) is 12.0 Å². The minimum atomic E-state index is -0.339. The van der Waals surface area contributed by atoms with Crippen LogP contribution >= 0.6 is 11.8 Å². The van der Waals surface area contributed by atoms with Gasteiger partial charge in [-0.05, 0) is 19.4 Å². The summed E-state index contributed by atoms with van der Waals surface area (Å²) in [7, 11) is 0. The van der Waals surface area contributed by atoms with E-state index in [1.165, 1.54) is 0 Å². The summed E-state index contributed by atoms with van der Waals surface area (Å²) >= 11 is 1.56. The van der Waals surface area contributed by atoms with Gasteiger partial charge >= 0.3 is 5.97 Å². The van der Waals surface area contributed by atoms with Gasteiger partial charge in [0.1, 0.15) is 6.04 Å². The Morgan fingerprint density at radius 2 is 2.18 bits per heavy atom. The SMILES string of the molecule is C=CCSC1=N[C@@H](c2ccccc2)C(C(=O)OCC)=C(C)N1. The number of carbonyl (C=O) groups excluding carboxylic acids is 1. The maximum absolute atomic E-state index is 12.3. The molecule has 0 aliphatic carbocycles. The summed E-state index contributed by atoms with van der Waals surface area (Å²) in [5.41, 5.74) is 2.33. The third kappa shape index (κ3) is 3.80. The monoisotopic (exact) mass is 316 g/mol. The van der Waals surface area contributed by atoms with Crippen molar-refractivity contribution in [1.29, 1.82) is 0 Å². The Kier molecular flexibility index (Phi) is 5.83. The summed E-state index contributed by atoms with van der Waals surface area (Å²) in [6.45, 7) is 7.75. The van der Waals surface area contributed by atoms with E-state index in [4.69, 9.17) is 4.74 Å². The molecule has 0 saturated heterocycles. The minimum absolute atomic E-state index is 0.321. The average Bonchev–Trinajstić information content (AvgIpc) is 2.53. The summed E-state index contributed by atoms with van der Waals surface area (Å²) in [5, 5.41) is 3.98. The number of aliphatic imine (C=N–C) groups is 1. The van der Waals surface area contributed by atoms with Gasteiger partial charge in [0.05, 0.1) is 12.2 Å². The van der Waals surface area contributed by atoms with Crippen molar-refractivity contribution < 1.29 is 9.53 Å². The van der Waals surface area contributed by atoms with E-state index in [1.807, 2.05) is 43.3 Å². The van der Waals surface area contributed by atoms with Gasteiger partial charge in [-0.2, -0.15) is 0 Å². The van der Waals surface area contributed by atoms with Crippen LogP contribution in [-0.2, 0) is 9.53 Å². The molecule has 22 heavy (non-hydrogen) atoms. The van der Waals surface area contributed by atoms with Gasteiger partial charge in [0.2, 0.25) is 0 Å². The first-order chi connectivity index (χ1) is 10.7. The zero-order valence-corrected chi connectivity index (χ0v) is 13.7. The molecule has 0 fully saturated rings. The van der Waals surface area contributed by atoms with Gasteiger partial charge in [0.25, 0.3) is 0 Å². The molecule has 0 bridgehead atoms. The number of nitrogens with zero attached hydrogens (tertiary/aromatic N) is 1. The fourth-order valence-electron chi connectivity index (χ4n) is 2.21. The van der Waals surface area contributed by atoms with Crippen molar-refractivity contribution in [2.45, 2.75) is 19.9 Å². The largest absolute Gasteiger partial charge is 0.463 e. The lowest BCUT2D eigenvalue weighted by Gasteiger charge is -2.25. The Hall–Kier alpha value is -2.01. The Morgan fingerprint density at radius 1 is 1.45 bits per heavy atom. The average molecular weight is 316 g/mol. The highest BCUT2D eigenvalue weighted by molar-refractivity contribution is 8.13. The van der Waals surface area contributed by atoms with Crippen LogP contribution in [0.15, 0.2) is 59.2 Å². The first-order valence-corrected chi connectivity index (χ1v) is 8.17. The molecular formula is C17H20N2O2S. The standard InChI is InChI=1S/C17H20N2O2S/c1-4-11-22-17-18-12(3)14(16(20)21-5-2)15(19-17)13-9-7-6-8-10-13/h4,6-10,15H,1,5,11H2,2-3H3,(H,18,19)/t15-/m0/s1. The molecule has 2 rings (SSSR count). The lowest BCUT2D eigenvalue weighted by molar-refractivity contribution is -0.138. The Labute approximate surface area is 135 Å². The molecule has 0 spiro atoms. The summed E-state index contributed by atoms with van der Waals surface area (Å²) < 4.78 is 5.19. The second-order valence-corrected chi connectivity index (χ2v) is 5.74. The van der Waals surface area contributed by atoms with Crippen molar-refractivity contribution in [1.82, 2.24) is 5.32 Å². The molecule has 1 heterocycles. The molecule has 1 aliphatic heterocycles. The molecule has 1 aliphatic rings. The van der Waals surface area contributed by atoms with E-state index < -0.39 is 0 Å². The number of carbonyl (C=O) groups is 1. The molecule has 0 saturated carbocycles. The number of thioether (sulfide) groups is 1. The van der Waals surface area contributed by atoms with Gasteiger partial charge in [0.15, 0.2) is 5.17 Å². The van der Waals surface area contributed by atoms with E-state index in [0.717, 1.165) is 22.2 Å². The topological polar surface area (TPSA) is 50.7 Å². The van der Waals surface area contributed by atoms with Crippen LogP contribution in [0.4, 0.5) is 0 Å². The van der Waals surface area contributed by atoms with Crippen molar-refractivity contribution in [3.05, 3.63) is 59.8 Å². The van der Waals surface area contributed by atoms with Crippen LogP contribution in [0.2, 0.25) is 0 Å². The van der Waals surface area contributed by atoms with Crippen molar-refractivity contribution in [3.8, 4) is 0 Å². The Bertz CT molecular complexity index is 608. The molecule has 4 nitrogen and oxygen atoms in total. The third-order valence-corrected chi connectivity index (χ3v) is 4.05. The smallest absolute Gasteiger partial charge is 0.338 e. The molecule has 1 atom stereocenters. The highest BCUT2D eigenvalue weighted by Crippen LogP contribution is 2.32. The fraction of sp³-hybridized carbons (Fsp3) is 0.294. The van der Waals surface area contributed by atoms with E-state index in [2.05, 4.69) is 16.9 Å². The predicted molar refractivity (Wildman–Crippen MR) is 91.7 cm³/mol. The molecule has 1 aromatic rings. The molecule has 0 radical (unpaired) electrons. The van der Waals surface area contributed by atoms with Gasteiger partial charge in [-0.1, -0.05) is 48.2 Å². The summed E-state index contributed by atoms with van der Waals surface area (Å²) in [6.07, 6.45) is 1.83. The van der Waals surface area contributed by atoms with Crippen LogP contribution in [0.5, 0.6) is 0 Å². The van der Waals surface area contributed by atoms with Crippen LogP contribution in [0.25, 0.3) is 0 Å². The molecule has 0 aromatic heterocycles. The molecule has 1 N–H and O–H groups in total. The van der Waals surface area contributed by atoms with Crippen LogP contribution in [-0.4, -0.2) is 23.5 Å². The van der Waals surface area contributed by atoms with Gasteiger partial charge in [-0.15, -0.1) is 6.58 Å². The minimum Gasteiger partial charge on any atom is -0.463 e. The number of esters is 1. The number of rotatable bonds is 5. The number of hydrogen-bond acceptors (Lipinski definition) is 5. The van der Waals surface area contributed by atoms with Crippen molar-refractivity contribution in [3.63, 3.8) is 0 Å². The molecule has 1 aromatic carbocycles. The maximum Gasteiger partial charge on any atom is 0.338 e. The van der Waals surface area contributed by atoms with Gasteiger partial charge in [0, 0.05) is 11.4 Å². The van der Waals surface area contributed by atoms with Crippen LogP contribution in [0.1, 0.15) is 25.5 Å². The first-order valence-electron chi connectivity index (χ1n) is 7.18. The number of amidine groups is 1. The Balaban J connectivity index is 2.38. The highest BCUT2D eigenvalue weighted by atomic mass is 32.2. The van der Waals surface area contributed by atoms with E-state index in [1.54, 1.807) is 18.7 Å². The second kappa shape index (κ2) is 7.84. The zero-order chi connectivity index (χ0) is 15.9. The highest BCUT2D eigenvalue weighted by Gasteiger charge is 2.30. The van der Waals surface area contributed by atoms with Gasteiger partial charge < -0.3 is 10.1 Å². The second-order valence-electron chi connectivity index (χ2n) is 4.73. The number of nitrogens with one attached hydrogen (secondary N) is 1. The van der Waals surface area contributed by atoms with Crippen molar-refractivity contribution in [2.24, 2.45) is 4.99 Å². The molecule has 0 unspecified atom stereocenters. The zero-order valence-electron chi connectivity index (χ0n) is 12.8. The number of benzene rings is 1. The van der Waals surface area contributed by atoms with E-state index in [0.29, 0.717) is 12.2 Å². The first kappa shape index (κ1) is 16.4. The quantitative estimate of drug-likeness (QED) is 0.668. The van der Waals surface area contributed by atoms with Gasteiger partial charge in [-0.3, -0.25) is 0 Å². The van der Waals surface area contributed by atoms with E-state index >= 15 is 0 Å². The molecule has 116 valence electrons. The summed E-state index contributed by atoms with van der Waals surface area (Å²) in [6, 6.07) is 9.45. The lowest BCUT2D eigenvalue weighted by atomic mass is 9.97. The maximum atomic E-state index is 12.3. The van der Waals surface area contributed by atoms with Crippen molar-refractivity contribution >= 4 is 22.9 Å². The molecule has 0 amide bonds. The lowest BCUT2D eigenvalue weighted by Crippen LogP contribution is -2.30. The number of hydrogen-bond donors (Lipinski definition) is 1. The Morgan fingerprint density at radius 3 is 2.82 bits per heavy atom. The molecule has 5 heteroatoms. The van der Waals surface area contributed by atoms with Crippen LogP contribution in [0.3, 0.4) is 0 Å². The van der Waals surface area contributed by atoms with Gasteiger partial charge in [-0.25, -0.2) is 9.79 Å². The van der Waals surface area contributed by atoms with E-state index in [9.17, 15) is 4.79 Å². The van der Waals surface area contributed by atoms with Crippen molar-refractivity contribution in [2.75, 3.05) is 12.4 Å². The summed E-state index contributed by atoms with van der Waals surface area (Å²) in [4.78, 5) is 17.0. The fourth-order valence-corrected chi connectivity index (χ4v) is 2.89. The predicted octanol–water partition coefficient (Wildman–Crippen LogP) is 3.44. The third-order valence-electron chi connectivity index (χ3n) is 3.17. The number of allylic oxidation sites excluding steroid dienone is 1. The van der Waals surface area contributed by atoms with Crippen LogP contribution in [0, 0.1) is 0 Å². The normalized spacial score (nSPS) is 17.5. The molecular weight excluding hydrogens is 296 g/mol. The summed E-state index contributed by atoms with van der Waals surface area (Å²) in [5.74, 6) is 0.438.